The largest absolute Gasteiger partial charge is 0.380 e. The van der Waals surface area contributed by atoms with E-state index < -0.39 is 4.92 Å². The Labute approximate surface area is 127 Å². The van der Waals surface area contributed by atoms with Crippen LogP contribution >= 0.6 is 0 Å². The number of nitrogens with one attached hydrogen (secondary N) is 1. The summed E-state index contributed by atoms with van der Waals surface area (Å²) in [5.41, 5.74) is 2.10. The Morgan fingerprint density at radius 3 is 2.59 bits per heavy atom. The lowest BCUT2D eigenvalue weighted by Crippen LogP contribution is -2.23. The summed E-state index contributed by atoms with van der Waals surface area (Å²) in [5, 5.41) is 13.5. The number of ether oxygens (including phenoxy) is 1. The molecule has 0 bridgehead atoms. The van der Waals surface area contributed by atoms with Gasteiger partial charge in [0, 0.05) is 31.4 Å². The molecule has 1 N–H and O–H groups in total. The van der Waals surface area contributed by atoms with Gasteiger partial charge in [-0.1, -0.05) is 30.3 Å². The average Bonchev–Trinajstić information content (AvgIpc) is 2.54. The van der Waals surface area contributed by atoms with Gasteiger partial charge in [-0.25, -0.2) is 0 Å². The van der Waals surface area contributed by atoms with Crippen LogP contribution in [0.3, 0.4) is 0 Å². The van der Waals surface area contributed by atoms with Crippen molar-refractivity contribution in [2.24, 2.45) is 0 Å². The number of hydrogen-bond donors (Lipinski definition) is 1. The van der Waals surface area contributed by atoms with Crippen molar-refractivity contribution >= 4 is 11.6 Å². The second kappa shape index (κ2) is 7.33. The number of carbonyl (C=O) groups is 1. The predicted molar refractivity (Wildman–Crippen MR) is 81.4 cm³/mol. The number of non-ortho nitro benzene ring substituents is 1. The van der Waals surface area contributed by atoms with Crippen molar-refractivity contribution in [2.75, 3.05) is 7.11 Å². The Hall–Kier alpha value is -2.73. The van der Waals surface area contributed by atoms with Gasteiger partial charge in [-0.2, -0.15) is 0 Å². The molecular weight excluding hydrogens is 284 g/mol. The van der Waals surface area contributed by atoms with Crippen molar-refractivity contribution in [2.45, 2.75) is 13.2 Å². The zero-order chi connectivity index (χ0) is 15.9. The molecule has 0 atom stereocenters. The lowest BCUT2D eigenvalue weighted by atomic mass is 10.1. The minimum atomic E-state index is -0.523. The van der Waals surface area contributed by atoms with Gasteiger partial charge in [0.2, 0.25) is 0 Å². The van der Waals surface area contributed by atoms with Gasteiger partial charge in [-0.15, -0.1) is 0 Å². The van der Waals surface area contributed by atoms with E-state index in [2.05, 4.69) is 5.32 Å². The van der Waals surface area contributed by atoms with Crippen molar-refractivity contribution in [1.82, 2.24) is 5.32 Å². The van der Waals surface area contributed by atoms with Crippen LogP contribution in [0.1, 0.15) is 21.5 Å². The molecule has 0 aliphatic carbocycles. The highest BCUT2D eigenvalue weighted by molar-refractivity contribution is 5.94. The fraction of sp³-hybridized carbons (Fsp3) is 0.188. The second-order valence-electron chi connectivity index (χ2n) is 4.69. The van der Waals surface area contributed by atoms with E-state index in [0.717, 1.165) is 11.1 Å². The van der Waals surface area contributed by atoms with Gasteiger partial charge in [0.1, 0.15) is 0 Å². The molecule has 0 heterocycles. The van der Waals surface area contributed by atoms with E-state index in [4.69, 9.17) is 4.74 Å². The molecule has 0 spiro atoms. The molecule has 6 heteroatoms. The summed E-state index contributed by atoms with van der Waals surface area (Å²) in [6.07, 6.45) is 0. The number of hydrogen-bond acceptors (Lipinski definition) is 4. The first-order chi connectivity index (χ1) is 10.6. The van der Waals surface area contributed by atoms with Crippen LogP contribution in [0.15, 0.2) is 48.5 Å². The molecule has 0 saturated heterocycles. The van der Waals surface area contributed by atoms with Crippen molar-refractivity contribution < 1.29 is 14.5 Å². The highest BCUT2D eigenvalue weighted by atomic mass is 16.6. The number of rotatable bonds is 6. The Kier molecular flexibility index (Phi) is 5.21. The first-order valence-electron chi connectivity index (χ1n) is 6.70. The second-order valence-corrected chi connectivity index (χ2v) is 4.69. The lowest BCUT2D eigenvalue weighted by Gasteiger charge is -2.10. The smallest absolute Gasteiger partial charge is 0.270 e. The highest BCUT2D eigenvalue weighted by Gasteiger charge is 2.11. The molecule has 2 aromatic rings. The molecule has 114 valence electrons. The van der Waals surface area contributed by atoms with Crippen molar-refractivity contribution in [3.05, 3.63) is 75.3 Å². The number of nitrogens with zero attached hydrogens (tertiary/aromatic N) is 1. The average molecular weight is 300 g/mol. The Morgan fingerprint density at radius 2 is 1.91 bits per heavy atom. The third-order valence-corrected chi connectivity index (χ3v) is 3.18. The summed E-state index contributed by atoms with van der Waals surface area (Å²) < 4.78 is 5.11. The van der Waals surface area contributed by atoms with Gasteiger partial charge in [0.15, 0.2) is 0 Å². The highest BCUT2D eigenvalue weighted by Crippen LogP contribution is 2.14. The third kappa shape index (κ3) is 3.89. The van der Waals surface area contributed by atoms with E-state index in [1.165, 1.54) is 18.2 Å². The van der Waals surface area contributed by atoms with E-state index in [1.807, 2.05) is 24.3 Å². The van der Waals surface area contributed by atoms with E-state index in [1.54, 1.807) is 13.2 Å². The zero-order valence-electron chi connectivity index (χ0n) is 12.1. The molecule has 0 aliphatic heterocycles. The molecule has 2 rings (SSSR count). The molecule has 0 radical (unpaired) electrons. The first kappa shape index (κ1) is 15.7. The van der Waals surface area contributed by atoms with Crippen LogP contribution < -0.4 is 5.32 Å². The topological polar surface area (TPSA) is 81.5 Å². The maximum absolute atomic E-state index is 12.1. The molecule has 0 aromatic heterocycles. The van der Waals surface area contributed by atoms with Crippen molar-refractivity contribution in [3.8, 4) is 0 Å². The van der Waals surface area contributed by atoms with Crippen LogP contribution in [0.4, 0.5) is 5.69 Å². The molecule has 0 saturated carbocycles. The number of benzene rings is 2. The van der Waals surface area contributed by atoms with Crippen molar-refractivity contribution in [3.63, 3.8) is 0 Å². The number of carbonyl (C=O) groups excluding carboxylic acids is 1. The van der Waals surface area contributed by atoms with Crippen LogP contribution in [-0.4, -0.2) is 17.9 Å². The van der Waals surface area contributed by atoms with E-state index in [9.17, 15) is 14.9 Å². The Morgan fingerprint density at radius 1 is 1.18 bits per heavy atom. The predicted octanol–water partition coefficient (Wildman–Crippen LogP) is 2.67. The van der Waals surface area contributed by atoms with E-state index >= 15 is 0 Å². The van der Waals surface area contributed by atoms with Crippen LogP contribution in [0.5, 0.6) is 0 Å². The molecule has 1 amide bonds. The standard InChI is InChI=1S/C16H16N2O4/c1-22-11-14-6-3-2-5-13(14)10-17-16(19)12-7-4-8-15(9-12)18(20)21/h2-9H,10-11H2,1H3,(H,17,19). The summed E-state index contributed by atoms with van der Waals surface area (Å²) in [7, 11) is 1.61. The summed E-state index contributed by atoms with van der Waals surface area (Å²) in [4.78, 5) is 22.3. The summed E-state index contributed by atoms with van der Waals surface area (Å²) in [6, 6.07) is 13.3. The molecule has 0 aliphatic rings. The fourth-order valence-electron chi connectivity index (χ4n) is 2.06. The number of methoxy groups -OCH3 is 1. The molecule has 2 aromatic carbocycles. The number of amides is 1. The molecule has 6 nitrogen and oxygen atoms in total. The van der Waals surface area contributed by atoms with Crippen LogP contribution in [0.25, 0.3) is 0 Å². The SMILES string of the molecule is COCc1ccccc1CNC(=O)c1cccc([N+](=O)[O-])c1. The molecule has 0 unspecified atom stereocenters. The van der Waals surface area contributed by atoms with Gasteiger partial charge >= 0.3 is 0 Å². The fourth-order valence-corrected chi connectivity index (χ4v) is 2.06. The third-order valence-electron chi connectivity index (χ3n) is 3.18. The first-order valence-corrected chi connectivity index (χ1v) is 6.70. The molecule has 22 heavy (non-hydrogen) atoms. The lowest BCUT2D eigenvalue weighted by molar-refractivity contribution is -0.384. The summed E-state index contributed by atoms with van der Waals surface area (Å²) in [6.45, 7) is 0.796. The number of nitro groups is 1. The summed E-state index contributed by atoms with van der Waals surface area (Å²) >= 11 is 0. The monoisotopic (exact) mass is 300 g/mol. The Bertz CT molecular complexity index is 685. The van der Waals surface area contributed by atoms with Crippen LogP contribution in [0.2, 0.25) is 0 Å². The maximum atomic E-state index is 12.1. The quantitative estimate of drug-likeness (QED) is 0.657. The number of nitro benzene ring substituents is 1. The van der Waals surface area contributed by atoms with Gasteiger partial charge in [-0.05, 0) is 17.2 Å². The normalized spacial score (nSPS) is 10.2. The minimum absolute atomic E-state index is 0.104. The van der Waals surface area contributed by atoms with Crippen LogP contribution in [-0.2, 0) is 17.9 Å². The van der Waals surface area contributed by atoms with Gasteiger partial charge in [-0.3, -0.25) is 14.9 Å². The zero-order valence-corrected chi connectivity index (χ0v) is 12.1. The maximum Gasteiger partial charge on any atom is 0.270 e. The van der Waals surface area contributed by atoms with Gasteiger partial charge in [0.25, 0.3) is 11.6 Å². The molecular formula is C16H16N2O4. The Balaban J connectivity index is 2.07. The summed E-state index contributed by atoms with van der Waals surface area (Å²) in [5.74, 6) is -0.351. The van der Waals surface area contributed by atoms with Crippen molar-refractivity contribution in [1.29, 1.82) is 0 Å². The van der Waals surface area contributed by atoms with Gasteiger partial charge in [0.05, 0.1) is 11.5 Å². The van der Waals surface area contributed by atoms with E-state index in [-0.39, 0.29) is 17.2 Å². The minimum Gasteiger partial charge on any atom is -0.380 e. The van der Waals surface area contributed by atoms with Crippen LogP contribution in [0, 0.1) is 10.1 Å². The van der Waals surface area contributed by atoms with E-state index in [0.29, 0.717) is 13.2 Å². The van der Waals surface area contributed by atoms with Gasteiger partial charge < -0.3 is 10.1 Å². The molecule has 0 fully saturated rings.